The van der Waals surface area contributed by atoms with Crippen molar-refractivity contribution >= 4 is 22.2 Å². The molecule has 1 rings (SSSR count). The monoisotopic (exact) mass is 273 g/mol. The Balaban J connectivity index is 2.88. The Morgan fingerprint density at radius 3 is 2.87 bits per heavy atom. The first kappa shape index (κ1) is 12.4. The van der Waals surface area contributed by atoms with Crippen LogP contribution in [-0.4, -0.2) is 28.7 Å². The molecule has 0 atom stereocenters. The maximum atomic E-state index is 10.5. The topological polar surface area (TPSA) is 46.9 Å². The van der Waals surface area contributed by atoms with Crippen molar-refractivity contribution < 1.29 is 4.79 Å². The highest BCUT2D eigenvalue weighted by Crippen LogP contribution is 2.16. The Morgan fingerprint density at radius 2 is 2.33 bits per heavy atom. The van der Waals surface area contributed by atoms with Crippen molar-refractivity contribution in [2.45, 2.75) is 32.4 Å². The minimum absolute atomic E-state index is 0.000107. The Hall–Kier alpha value is -0.680. The molecule has 0 aliphatic carbocycles. The molecule has 0 saturated heterocycles. The average Bonchev–Trinajstić information content (AvgIpc) is 2.47. The normalized spacial score (nSPS) is 11.7. The molecule has 5 heteroatoms. The van der Waals surface area contributed by atoms with Gasteiger partial charge in [-0.05, 0) is 42.9 Å². The van der Waals surface area contributed by atoms with Crippen molar-refractivity contribution in [3.05, 3.63) is 16.4 Å². The number of carbonyl (C=O) groups is 1. The lowest BCUT2D eigenvalue weighted by Gasteiger charge is -2.23. The fourth-order valence-electron chi connectivity index (χ4n) is 1.33. The minimum Gasteiger partial charge on any atom is -0.314 e. The van der Waals surface area contributed by atoms with Gasteiger partial charge in [0.15, 0.2) is 0 Å². The fraction of sp³-hybridized carbons (Fsp3) is 0.600. The van der Waals surface area contributed by atoms with Gasteiger partial charge in [-0.25, -0.2) is 0 Å². The van der Waals surface area contributed by atoms with E-state index >= 15 is 0 Å². The molecule has 0 radical (unpaired) electrons. The van der Waals surface area contributed by atoms with E-state index in [-0.39, 0.29) is 5.54 Å². The predicted molar refractivity (Wildman–Crippen MR) is 62.8 cm³/mol. The molecule has 1 aromatic rings. The summed E-state index contributed by atoms with van der Waals surface area (Å²) in [5, 5.41) is 7.42. The van der Waals surface area contributed by atoms with Gasteiger partial charge in [0.25, 0.3) is 0 Å². The van der Waals surface area contributed by atoms with E-state index in [1.165, 1.54) is 0 Å². The Bertz CT molecular complexity index is 346. The Kier molecular flexibility index (Phi) is 4.04. The van der Waals surface area contributed by atoms with Crippen molar-refractivity contribution in [3.63, 3.8) is 0 Å². The number of rotatable bonds is 5. The van der Waals surface area contributed by atoms with Gasteiger partial charge >= 0.3 is 0 Å². The zero-order valence-electron chi connectivity index (χ0n) is 9.25. The van der Waals surface area contributed by atoms with Crippen LogP contribution >= 0.6 is 15.9 Å². The van der Waals surface area contributed by atoms with Crippen molar-refractivity contribution in [1.82, 2.24) is 15.1 Å². The average molecular weight is 274 g/mol. The van der Waals surface area contributed by atoms with Gasteiger partial charge in [0.1, 0.15) is 10.9 Å². The first-order valence-electron chi connectivity index (χ1n) is 4.83. The zero-order valence-corrected chi connectivity index (χ0v) is 10.8. The number of aromatic nitrogens is 2. The first-order valence-corrected chi connectivity index (χ1v) is 5.62. The number of carbonyl (C=O) groups excluding carboxylic acids is 1. The maximum Gasteiger partial charge on any atom is 0.141 e. The number of aldehydes is 1. The molecule has 0 spiro atoms. The molecule has 0 amide bonds. The number of halogens is 1. The van der Waals surface area contributed by atoms with E-state index in [2.05, 4.69) is 40.2 Å². The molecule has 1 aromatic heterocycles. The van der Waals surface area contributed by atoms with Crippen LogP contribution in [0.4, 0.5) is 0 Å². The summed E-state index contributed by atoms with van der Waals surface area (Å²) in [6.45, 7) is 4.53. The van der Waals surface area contributed by atoms with Crippen molar-refractivity contribution in [2.75, 3.05) is 7.05 Å². The number of hydrogen-bond donors (Lipinski definition) is 1. The highest BCUT2D eigenvalue weighted by atomic mass is 79.9. The smallest absolute Gasteiger partial charge is 0.141 e. The fourth-order valence-corrected chi connectivity index (χ4v) is 1.79. The summed E-state index contributed by atoms with van der Waals surface area (Å²) in [5.74, 6) is 0. The predicted octanol–water partition coefficient (Wildman–Crippen LogP) is 1.38. The van der Waals surface area contributed by atoms with Gasteiger partial charge in [-0.1, -0.05) is 0 Å². The number of nitrogens with one attached hydrogen (secondary N) is 1. The second-order valence-corrected chi connectivity index (χ2v) is 4.93. The highest BCUT2D eigenvalue weighted by molar-refractivity contribution is 9.10. The summed E-state index contributed by atoms with van der Waals surface area (Å²) < 4.78 is 2.49. The SMILES string of the molecule is CNC(C)(C)Cc1cc(Br)nn1CC=O. The van der Waals surface area contributed by atoms with Crippen LogP contribution in [0, 0.1) is 0 Å². The Morgan fingerprint density at radius 1 is 1.67 bits per heavy atom. The third-order valence-corrected chi connectivity index (χ3v) is 2.77. The van der Waals surface area contributed by atoms with E-state index in [9.17, 15) is 4.79 Å². The number of nitrogens with zero attached hydrogens (tertiary/aromatic N) is 2. The summed E-state index contributed by atoms with van der Waals surface area (Å²) in [7, 11) is 1.93. The van der Waals surface area contributed by atoms with E-state index in [4.69, 9.17) is 0 Å². The van der Waals surface area contributed by atoms with Gasteiger partial charge in [0.2, 0.25) is 0 Å². The van der Waals surface area contributed by atoms with E-state index in [0.29, 0.717) is 6.54 Å². The molecule has 1 N–H and O–H groups in total. The van der Waals surface area contributed by atoms with Gasteiger partial charge in [-0.2, -0.15) is 5.10 Å². The molecule has 0 aliphatic heterocycles. The molecule has 1 heterocycles. The van der Waals surface area contributed by atoms with E-state index in [1.54, 1.807) is 4.68 Å². The van der Waals surface area contributed by atoms with Crippen LogP contribution in [0.3, 0.4) is 0 Å². The molecular weight excluding hydrogens is 258 g/mol. The zero-order chi connectivity index (χ0) is 11.5. The minimum atomic E-state index is 0.000107. The van der Waals surface area contributed by atoms with Crippen molar-refractivity contribution in [2.24, 2.45) is 0 Å². The standard InChI is InChI=1S/C10H16BrN3O/c1-10(2,12-3)7-8-6-9(11)13-14(8)4-5-15/h5-6,12H,4,7H2,1-3H3. The van der Waals surface area contributed by atoms with Gasteiger partial charge in [0, 0.05) is 17.7 Å². The molecular formula is C10H16BrN3O. The largest absolute Gasteiger partial charge is 0.314 e. The summed E-state index contributed by atoms with van der Waals surface area (Å²) in [5.41, 5.74) is 1.05. The van der Waals surface area contributed by atoms with Gasteiger partial charge in [0.05, 0.1) is 6.54 Å². The van der Waals surface area contributed by atoms with E-state index in [1.807, 2.05) is 13.1 Å². The second kappa shape index (κ2) is 4.90. The Labute approximate surface area is 98.2 Å². The lowest BCUT2D eigenvalue weighted by atomic mass is 9.99. The number of likely N-dealkylation sites (N-methyl/N-ethyl adjacent to an activating group) is 1. The number of hydrogen-bond acceptors (Lipinski definition) is 3. The lowest BCUT2D eigenvalue weighted by Crippen LogP contribution is -2.39. The molecule has 0 fully saturated rings. The van der Waals surface area contributed by atoms with Crippen LogP contribution in [-0.2, 0) is 17.8 Å². The molecule has 0 bridgehead atoms. The third kappa shape index (κ3) is 3.43. The summed E-state index contributed by atoms with van der Waals surface area (Å²) in [6, 6.07) is 1.95. The molecule has 0 saturated carbocycles. The van der Waals surface area contributed by atoms with Crippen molar-refractivity contribution in [3.8, 4) is 0 Å². The van der Waals surface area contributed by atoms with Crippen LogP contribution in [0.25, 0.3) is 0 Å². The molecule has 0 aromatic carbocycles. The molecule has 84 valence electrons. The van der Waals surface area contributed by atoms with Gasteiger partial charge in [-0.3, -0.25) is 4.68 Å². The summed E-state index contributed by atoms with van der Waals surface area (Å²) >= 11 is 3.31. The first-order chi connectivity index (χ1) is 6.98. The molecule has 0 unspecified atom stereocenters. The second-order valence-electron chi connectivity index (χ2n) is 4.12. The summed E-state index contributed by atoms with van der Waals surface area (Å²) in [6.07, 6.45) is 1.69. The maximum absolute atomic E-state index is 10.5. The van der Waals surface area contributed by atoms with Gasteiger partial charge < -0.3 is 10.1 Å². The van der Waals surface area contributed by atoms with Crippen LogP contribution in [0.2, 0.25) is 0 Å². The van der Waals surface area contributed by atoms with Crippen LogP contribution in [0.1, 0.15) is 19.5 Å². The molecule has 4 nitrogen and oxygen atoms in total. The van der Waals surface area contributed by atoms with E-state index < -0.39 is 0 Å². The lowest BCUT2D eigenvalue weighted by molar-refractivity contribution is -0.108. The van der Waals surface area contributed by atoms with Crippen molar-refractivity contribution in [1.29, 1.82) is 0 Å². The third-order valence-electron chi connectivity index (χ3n) is 2.38. The van der Waals surface area contributed by atoms with Crippen LogP contribution in [0.15, 0.2) is 10.7 Å². The molecule has 0 aliphatic rings. The van der Waals surface area contributed by atoms with E-state index in [0.717, 1.165) is 23.0 Å². The quantitative estimate of drug-likeness (QED) is 0.825. The van der Waals surface area contributed by atoms with Crippen LogP contribution in [0.5, 0.6) is 0 Å². The van der Waals surface area contributed by atoms with Gasteiger partial charge in [-0.15, -0.1) is 0 Å². The highest BCUT2D eigenvalue weighted by Gasteiger charge is 2.18. The van der Waals surface area contributed by atoms with Crippen LogP contribution < -0.4 is 5.32 Å². The molecule has 15 heavy (non-hydrogen) atoms. The summed E-state index contributed by atoms with van der Waals surface area (Å²) in [4.78, 5) is 10.5.